The molecule has 0 aromatic carbocycles. The van der Waals surface area contributed by atoms with Crippen molar-refractivity contribution < 1.29 is 4.79 Å². The van der Waals surface area contributed by atoms with Crippen LogP contribution >= 0.6 is 0 Å². The molecule has 1 rings (SSSR count). The second-order valence-electron chi connectivity index (χ2n) is 4.29. The summed E-state index contributed by atoms with van der Waals surface area (Å²) in [5.41, 5.74) is 0. The number of amides is 1. The minimum absolute atomic E-state index is 0.107. The number of hydrogen-bond donors (Lipinski definition) is 2. The highest BCUT2D eigenvalue weighted by Crippen LogP contribution is 2.07. The number of carbonyl (C=O) groups excluding carboxylic acids is 1. The third-order valence-electron chi connectivity index (χ3n) is 2.85. The number of rotatable bonds is 6. The fourth-order valence-corrected chi connectivity index (χ4v) is 1.97. The summed E-state index contributed by atoms with van der Waals surface area (Å²) in [6.45, 7) is 6.54. The molecule has 0 radical (unpaired) electrons. The average Bonchev–Trinajstić information content (AvgIpc) is 2.70. The molecular weight excluding hydrogens is 190 g/mol. The minimum atomic E-state index is 0.107. The molecule has 1 unspecified atom stereocenters. The maximum absolute atomic E-state index is 11.0. The first-order valence-electron chi connectivity index (χ1n) is 5.88. The number of likely N-dealkylation sites (tertiary alicyclic amines) is 1. The van der Waals surface area contributed by atoms with Gasteiger partial charge in [0.25, 0.3) is 0 Å². The SMILES string of the molecule is CNC(=O)CCNC(C)CN1CCCC1. The monoisotopic (exact) mass is 213 g/mol. The van der Waals surface area contributed by atoms with Crippen molar-refractivity contribution in [3.8, 4) is 0 Å². The van der Waals surface area contributed by atoms with Crippen LogP contribution < -0.4 is 10.6 Å². The molecule has 1 saturated heterocycles. The van der Waals surface area contributed by atoms with Crippen molar-refractivity contribution in [2.24, 2.45) is 0 Å². The third-order valence-corrected chi connectivity index (χ3v) is 2.85. The largest absolute Gasteiger partial charge is 0.359 e. The summed E-state index contributed by atoms with van der Waals surface area (Å²) in [4.78, 5) is 13.5. The third kappa shape index (κ3) is 5.14. The zero-order valence-electron chi connectivity index (χ0n) is 9.88. The molecule has 4 heteroatoms. The molecule has 1 amide bonds. The van der Waals surface area contributed by atoms with E-state index < -0.39 is 0 Å². The van der Waals surface area contributed by atoms with Crippen molar-refractivity contribution >= 4 is 5.91 Å². The standard InChI is InChI=1S/C11H23N3O/c1-10(9-14-7-3-4-8-14)13-6-5-11(15)12-2/h10,13H,3-9H2,1-2H3,(H,12,15). The molecule has 15 heavy (non-hydrogen) atoms. The van der Waals surface area contributed by atoms with Gasteiger partial charge >= 0.3 is 0 Å². The topological polar surface area (TPSA) is 44.4 Å². The van der Waals surface area contributed by atoms with Crippen molar-refractivity contribution in [1.82, 2.24) is 15.5 Å². The van der Waals surface area contributed by atoms with E-state index in [4.69, 9.17) is 0 Å². The van der Waals surface area contributed by atoms with Crippen LogP contribution in [0.4, 0.5) is 0 Å². The summed E-state index contributed by atoms with van der Waals surface area (Å²) in [6.07, 6.45) is 3.25. The summed E-state index contributed by atoms with van der Waals surface area (Å²) in [6, 6.07) is 0.479. The highest BCUT2D eigenvalue weighted by atomic mass is 16.1. The van der Waals surface area contributed by atoms with Crippen molar-refractivity contribution in [3.05, 3.63) is 0 Å². The number of nitrogens with zero attached hydrogens (tertiary/aromatic N) is 1. The fourth-order valence-electron chi connectivity index (χ4n) is 1.97. The number of carbonyl (C=O) groups is 1. The molecule has 1 atom stereocenters. The van der Waals surface area contributed by atoms with Crippen LogP contribution in [0.3, 0.4) is 0 Å². The van der Waals surface area contributed by atoms with Gasteiger partial charge in [-0.25, -0.2) is 0 Å². The summed E-state index contributed by atoms with van der Waals surface area (Å²) < 4.78 is 0. The van der Waals surface area contributed by atoms with E-state index >= 15 is 0 Å². The molecule has 1 aliphatic heterocycles. The van der Waals surface area contributed by atoms with Gasteiger partial charge in [0.1, 0.15) is 0 Å². The molecule has 0 aromatic rings. The Kier molecular flexibility index (Phi) is 5.65. The van der Waals surface area contributed by atoms with E-state index in [1.54, 1.807) is 7.05 Å². The van der Waals surface area contributed by atoms with Crippen molar-refractivity contribution in [3.63, 3.8) is 0 Å². The van der Waals surface area contributed by atoms with Gasteiger partial charge in [-0.2, -0.15) is 0 Å². The Labute approximate surface area is 92.4 Å². The second-order valence-corrected chi connectivity index (χ2v) is 4.29. The smallest absolute Gasteiger partial charge is 0.221 e. The van der Waals surface area contributed by atoms with Crippen LogP contribution in [0, 0.1) is 0 Å². The Morgan fingerprint density at radius 3 is 2.67 bits per heavy atom. The molecule has 0 bridgehead atoms. The minimum Gasteiger partial charge on any atom is -0.359 e. The predicted octanol–water partition coefficient (Wildman–Crippen LogP) is 0.196. The molecule has 1 fully saturated rings. The first-order valence-corrected chi connectivity index (χ1v) is 5.88. The van der Waals surface area contributed by atoms with E-state index in [1.807, 2.05) is 0 Å². The van der Waals surface area contributed by atoms with Crippen LogP contribution in [0.15, 0.2) is 0 Å². The second kappa shape index (κ2) is 6.80. The highest BCUT2D eigenvalue weighted by molar-refractivity contribution is 5.75. The Morgan fingerprint density at radius 2 is 2.07 bits per heavy atom. The Balaban J connectivity index is 2.02. The average molecular weight is 213 g/mol. The first kappa shape index (κ1) is 12.5. The quantitative estimate of drug-likeness (QED) is 0.662. The Hall–Kier alpha value is -0.610. The van der Waals surface area contributed by atoms with Gasteiger partial charge in [-0.05, 0) is 32.9 Å². The van der Waals surface area contributed by atoms with Crippen LogP contribution in [-0.2, 0) is 4.79 Å². The normalized spacial score (nSPS) is 19.1. The number of hydrogen-bond acceptors (Lipinski definition) is 3. The molecule has 4 nitrogen and oxygen atoms in total. The summed E-state index contributed by atoms with van der Waals surface area (Å²) in [5.74, 6) is 0.107. The number of nitrogens with one attached hydrogen (secondary N) is 2. The highest BCUT2D eigenvalue weighted by Gasteiger charge is 2.14. The Bertz CT molecular complexity index is 190. The van der Waals surface area contributed by atoms with Gasteiger partial charge < -0.3 is 15.5 Å². The van der Waals surface area contributed by atoms with Crippen LogP contribution in [0.2, 0.25) is 0 Å². The van der Waals surface area contributed by atoms with Crippen molar-refractivity contribution in [2.75, 3.05) is 33.2 Å². The van der Waals surface area contributed by atoms with E-state index in [0.29, 0.717) is 12.5 Å². The van der Waals surface area contributed by atoms with Crippen LogP contribution in [0.5, 0.6) is 0 Å². The zero-order chi connectivity index (χ0) is 11.1. The molecule has 0 saturated carbocycles. The van der Waals surface area contributed by atoms with Gasteiger partial charge in [0, 0.05) is 32.6 Å². The van der Waals surface area contributed by atoms with Gasteiger partial charge in [-0.1, -0.05) is 0 Å². The Morgan fingerprint density at radius 1 is 1.40 bits per heavy atom. The molecular formula is C11H23N3O. The van der Waals surface area contributed by atoms with Crippen molar-refractivity contribution in [2.45, 2.75) is 32.2 Å². The van der Waals surface area contributed by atoms with E-state index in [0.717, 1.165) is 13.1 Å². The summed E-state index contributed by atoms with van der Waals surface area (Å²) in [5, 5.41) is 5.99. The molecule has 0 spiro atoms. The molecule has 1 heterocycles. The van der Waals surface area contributed by atoms with Gasteiger partial charge in [0.05, 0.1) is 0 Å². The lowest BCUT2D eigenvalue weighted by Gasteiger charge is -2.21. The van der Waals surface area contributed by atoms with Gasteiger partial charge in [0.2, 0.25) is 5.91 Å². The maximum atomic E-state index is 11.0. The molecule has 0 aromatic heterocycles. The van der Waals surface area contributed by atoms with Crippen LogP contribution in [0.25, 0.3) is 0 Å². The summed E-state index contributed by atoms with van der Waals surface area (Å²) >= 11 is 0. The van der Waals surface area contributed by atoms with Gasteiger partial charge in [0.15, 0.2) is 0 Å². The maximum Gasteiger partial charge on any atom is 0.221 e. The lowest BCUT2D eigenvalue weighted by molar-refractivity contribution is -0.120. The summed E-state index contributed by atoms with van der Waals surface area (Å²) in [7, 11) is 1.68. The fraction of sp³-hybridized carbons (Fsp3) is 0.909. The van der Waals surface area contributed by atoms with E-state index in [9.17, 15) is 4.79 Å². The molecule has 2 N–H and O–H groups in total. The van der Waals surface area contributed by atoms with E-state index in [2.05, 4.69) is 22.5 Å². The first-order chi connectivity index (χ1) is 7.22. The van der Waals surface area contributed by atoms with E-state index in [-0.39, 0.29) is 5.91 Å². The van der Waals surface area contributed by atoms with Gasteiger partial charge in [-0.3, -0.25) is 4.79 Å². The molecule has 88 valence electrons. The van der Waals surface area contributed by atoms with Crippen LogP contribution in [-0.4, -0.2) is 50.1 Å². The van der Waals surface area contributed by atoms with E-state index in [1.165, 1.54) is 25.9 Å². The molecule has 0 aliphatic carbocycles. The van der Waals surface area contributed by atoms with Crippen molar-refractivity contribution in [1.29, 1.82) is 0 Å². The zero-order valence-corrected chi connectivity index (χ0v) is 9.88. The van der Waals surface area contributed by atoms with Gasteiger partial charge in [-0.15, -0.1) is 0 Å². The lowest BCUT2D eigenvalue weighted by Crippen LogP contribution is -2.39. The van der Waals surface area contributed by atoms with Crippen LogP contribution in [0.1, 0.15) is 26.2 Å². The molecule has 1 aliphatic rings. The lowest BCUT2D eigenvalue weighted by atomic mass is 10.3. The predicted molar refractivity (Wildman–Crippen MR) is 61.8 cm³/mol.